The van der Waals surface area contributed by atoms with E-state index in [-0.39, 0.29) is 0 Å². The Hall–Kier alpha value is -7.36. The number of para-hydroxylation sites is 2. The molecule has 0 radical (unpaired) electrons. The molecule has 0 spiro atoms. The molecule has 9 aromatic carbocycles. The fourth-order valence-corrected chi connectivity index (χ4v) is 8.21. The van der Waals surface area contributed by atoms with Crippen LogP contribution in [-0.2, 0) is 0 Å². The summed E-state index contributed by atoms with van der Waals surface area (Å²) in [6, 6.07) is 71.2. The van der Waals surface area contributed by atoms with Crippen LogP contribution in [0.3, 0.4) is 0 Å². The summed E-state index contributed by atoms with van der Waals surface area (Å²) in [5, 5.41) is 6.83. The zero-order valence-electron chi connectivity index (χ0n) is 29.8. The van der Waals surface area contributed by atoms with E-state index in [2.05, 4.69) is 187 Å². The van der Waals surface area contributed by atoms with Crippen molar-refractivity contribution >= 4 is 71.7 Å². The summed E-state index contributed by atoms with van der Waals surface area (Å²) >= 11 is 0. The first-order valence-corrected chi connectivity index (χ1v) is 18.7. The summed E-state index contributed by atoms with van der Waals surface area (Å²) < 4.78 is 12.7. The lowest BCUT2D eigenvalue weighted by atomic mass is 9.95. The highest BCUT2D eigenvalue weighted by Gasteiger charge is 2.23. The Kier molecular flexibility index (Phi) is 7.17. The van der Waals surface area contributed by atoms with Gasteiger partial charge in [-0.25, -0.2) is 0 Å². The third-order valence-electron chi connectivity index (χ3n) is 10.8. The van der Waals surface area contributed by atoms with Gasteiger partial charge in [-0.2, -0.15) is 0 Å². The quantitative estimate of drug-likeness (QED) is 0.173. The lowest BCUT2D eigenvalue weighted by Gasteiger charge is -2.29. The molecule has 0 N–H and O–H groups in total. The number of hydrogen-bond acceptors (Lipinski definition) is 3. The molecule has 3 nitrogen and oxygen atoms in total. The standard InChI is InChI=1S/C52H33NO2/c1-2-13-35(14-3-1)42-28-26-40(38-25-24-34-12-4-5-15-36(34)30-38)33-47(42)53(46-20-11-23-51-52(46)44-19-7-9-22-49(44)55-51)41-17-10-16-37(31-41)39-27-29-50-45(32-39)43-18-6-8-21-48(43)54-50/h1-33H. The highest BCUT2D eigenvalue weighted by Crippen LogP contribution is 2.48. The smallest absolute Gasteiger partial charge is 0.137 e. The van der Waals surface area contributed by atoms with Crippen LogP contribution in [0.15, 0.2) is 209 Å². The molecule has 0 saturated heterocycles. The van der Waals surface area contributed by atoms with E-state index in [0.29, 0.717) is 0 Å². The monoisotopic (exact) mass is 703 g/mol. The summed E-state index contributed by atoms with van der Waals surface area (Å²) in [5.41, 5.74) is 13.5. The number of anilines is 3. The predicted octanol–water partition coefficient (Wildman–Crippen LogP) is 15.1. The first-order chi connectivity index (χ1) is 27.2. The van der Waals surface area contributed by atoms with Crippen molar-refractivity contribution in [2.24, 2.45) is 0 Å². The average molecular weight is 704 g/mol. The minimum absolute atomic E-state index is 0.851. The lowest BCUT2D eigenvalue weighted by Crippen LogP contribution is -2.12. The predicted molar refractivity (Wildman–Crippen MR) is 229 cm³/mol. The Morgan fingerprint density at radius 2 is 0.909 bits per heavy atom. The molecule has 2 heterocycles. The minimum atomic E-state index is 0.851. The van der Waals surface area contributed by atoms with Crippen molar-refractivity contribution < 1.29 is 8.83 Å². The van der Waals surface area contributed by atoms with Crippen LogP contribution < -0.4 is 4.90 Å². The van der Waals surface area contributed by atoms with E-state index in [0.717, 1.165) is 88.8 Å². The SMILES string of the molecule is c1ccc(-c2ccc(-c3ccc4ccccc4c3)cc2N(c2cccc(-c3ccc4oc5ccccc5c4c3)c2)c2cccc3oc4ccccc4c23)cc1. The summed E-state index contributed by atoms with van der Waals surface area (Å²) in [6.07, 6.45) is 0. The van der Waals surface area contributed by atoms with Gasteiger partial charge in [0.15, 0.2) is 0 Å². The molecule has 11 rings (SSSR count). The van der Waals surface area contributed by atoms with Crippen molar-refractivity contribution in [1.82, 2.24) is 0 Å². The Bertz CT molecular complexity index is 3220. The molecule has 0 amide bonds. The molecule has 0 saturated carbocycles. The second-order valence-electron chi connectivity index (χ2n) is 14.1. The first-order valence-electron chi connectivity index (χ1n) is 18.7. The molecule has 0 aliphatic carbocycles. The molecule has 258 valence electrons. The van der Waals surface area contributed by atoms with E-state index in [4.69, 9.17) is 8.83 Å². The van der Waals surface area contributed by atoms with Gasteiger partial charge in [0.1, 0.15) is 22.3 Å². The summed E-state index contributed by atoms with van der Waals surface area (Å²) in [6.45, 7) is 0. The second-order valence-corrected chi connectivity index (χ2v) is 14.1. The molecular formula is C52H33NO2. The van der Waals surface area contributed by atoms with Gasteiger partial charge in [-0.05, 0) is 99.3 Å². The molecule has 0 atom stereocenters. The number of fused-ring (bicyclic) bond motifs is 7. The molecule has 0 aliphatic heterocycles. The Morgan fingerprint density at radius 3 is 1.80 bits per heavy atom. The van der Waals surface area contributed by atoms with E-state index in [9.17, 15) is 0 Å². The maximum atomic E-state index is 6.49. The van der Waals surface area contributed by atoms with Crippen LogP contribution in [-0.4, -0.2) is 0 Å². The van der Waals surface area contributed by atoms with Crippen LogP contribution in [0.5, 0.6) is 0 Å². The van der Waals surface area contributed by atoms with Crippen molar-refractivity contribution in [3.05, 3.63) is 200 Å². The van der Waals surface area contributed by atoms with Gasteiger partial charge in [0, 0.05) is 27.4 Å². The van der Waals surface area contributed by atoms with E-state index < -0.39 is 0 Å². The van der Waals surface area contributed by atoms with Crippen molar-refractivity contribution in [3.63, 3.8) is 0 Å². The van der Waals surface area contributed by atoms with Crippen molar-refractivity contribution in [1.29, 1.82) is 0 Å². The number of nitrogens with zero attached hydrogens (tertiary/aromatic N) is 1. The second kappa shape index (κ2) is 12.6. The van der Waals surface area contributed by atoms with Gasteiger partial charge in [-0.15, -0.1) is 0 Å². The summed E-state index contributed by atoms with van der Waals surface area (Å²) in [7, 11) is 0. The Balaban J connectivity index is 1.18. The zero-order valence-corrected chi connectivity index (χ0v) is 29.8. The molecule has 0 unspecified atom stereocenters. The van der Waals surface area contributed by atoms with E-state index in [1.165, 1.54) is 16.3 Å². The van der Waals surface area contributed by atoms with Gasteiger partial charge in [-0.3, -0.25) is 0 Å². The van der Waals surface area contributed by atoms with Crippen molar-refractivity contribution in [3.8, 4) is 33.4 Å². The molecule has 2 aromatic heterocycles. The molecule has 0 aliphatic rings. The highest BCUT2D eigenvalue weighted by molar-refractivity contribution is 6.14. The van der Waals surface area contributed by atoms with Crippen LogP contribution in [0.25, 0.3) is 88.0 Å². The summed E-state index contributed by atoms with van der Waals surface area (Å²) in [4.78, 5) is 2.42. The third kappa shape index (κ3) is 5.28. The normalized spacial score (nSPS) is 11.6. The van der Waals surface area contributed by atoms with Crippen molar-refractivity contribution in [2.75, 3.05) is 4.90 Å². The van der Waals surface area contributed by atoms with E-state index in [1.807, 2.05) is 18.2 Å². The van der Waals surface area contributed by atoms with Crippen LogP contribution in [0, 0.1) is 0 Å². The van der Waals surface area contributed by atoms with Gasteiger partial charge in [-0.1, -0.05) is 140 Å². The lowest BCUT2D eigenvalue weighted by molar-refractivity contribution is 0.668. The average Bonchev–Trinajstić information content (AvgIpc) is 3.83. The Labute approximate surface area is 317 Å². The van der Waals surface area contributed by atoms with Gasteiger partial charge >= 0.3 is 0 Å². The van der Waals surface area contributed by atoms with Crippen molar-refractivity contribution in [2.45, 2.75) is 0 Å². The van der Waals surface area contributed by atoms with Crippen LogP contribution in [0.1, 0.15) is 0 Å². The van der Waals surface area contributed by atoms with Gasteiger partial charge in [0.25, 0.3) is 0 Å². The first kappa shape index (κ1) is 31.2. The van der Waals surface area contributed by atoms with E-state index >= 15 is 0 Å². The third-order valence-corrected chi connectivity index (χ3v) is 10.8. The fourth-order valence-electron chi connectivity index (χ4n) is 8.21. The largest absolute Gasteiger partial charge is 0.456 e. The number of furan rings is 2. The maximum absolute atomic E-state index is 6.49. The molecule has 55 heavy (non-hydrogen) atoms. The number of rotatable bonds is 6. The van der Waals surface area contributed by atoms with E-state index in [1.54, 1.807) is 0 Å². The molecule has 11 aromatic rings. The molecule has 3 heteroatoms. The molecular weight excluding hydrogens is 671 g/mol. The molecule has 0 fully saturated rings. The van der Waals surface area contributed by atoms with Gasteiger partial charge < -0.3 is 13.7 Å². The number of hydrogen-bond donors (Lipinski definition) is 0. The maximum Gasteiger partial charge on any atom is 0.137 e. The van der Waals surface area contributed by atoms with Gasteiger partial charge in [0.2, 0.25) is 0 Å². The van der Waals surface area contributed by atoms with Crippen LogP contribution in [0.2, 0.25) is 0 Å². The van der Waals surface area contributed by atoms with Crippen LogP contribution >= 0.6 is 0 Å². The van der Waals surface area contributed by atoms with Gasteiger partial charge in [0.05, 0.1) is 16.8 Å². The minimum Gasteiger partial charge on any atom is -0.456 e. The Morgan fingerprint density at radius 1 is 0.309 bits per heavy atom. The topological polar surface area (TPSA) is 29.5 Å². The zero-order chi connectivity index (χ0) is 36.3. The fraction of sp³-hybridized carbons (Fsp3) is 0. The number of benzene rings is 9. The summed E-state index contributed by atoms with van der Waals surface area (Å²) in [5.74, 6) is 0. The molecule has 0 bridgehead atoms. The highest BCUT2D eigenvalue weighted by atomic mass is 16.3. The van der Waals surface area contributed by atoms with Crippen LogP contribution in [0.4, 0.5) is 17.1 Å².